The molecule has 3 N–H and O–H groups in total. The van der Waals surface area contributed by atoms with E-state index in [1.54, 1.807) is 5.38 Å². The molecule has 9 heteroatoms. The highest BCUT2D eigenvalue weighted by Gasteiger charge is 2.19. The van der Waals surface area contributed by atoms with E-state index in [2.05, 4.69) is 4.72 Å². The van der Waals surface area contributed by atoms with E-state index >= 15 is 0 Å². The van der Waals surface area contributed by atoms with Crippen LogP contribution < -0.4 is 10.5 Å². The molecule has 0 radical (unpaired) electrons. The fraction of sp³-hybridized carbons (Fsp3) is 0.167. The van der Waals surface area contributed by atoms with Gasteiger partial charge < -0.3 is 5.73 Å². The van der Waals surface area contributed by atoms with E-state index in [0.717, 1.165) is 6.26 Å². The van der Waals surface area contributed by atoms with Gasteiger partial charge in [0.1, 0.15) is 4.90 Å². The van der Waals surface area contributed by atoms with E-state index in [0.29, 0.717) is 4.88 Å². The zero-order chi connectivity index (χ0) is 15.7. The third kappa shape index (κ3) is 3.62. The van der Waals surface area contributed by atoms with Crippen LogP contribution in [0.25, 0.3) is 0 Å². The number of nitrogens with two attached hydrogens (primary N) is 1. The highest BCUT2D eigenvalue weighted by atomic mass is 32.2. The molecule has 0 saturated carbocycles. The number of sulfonamides is 1. The monoisotopic (exact) mass is 346 g/mol. The molecule has 0 spiro atoms. The molecule has 1 aromatic carbocycles. The average Bonchev–Trinajstić information content (AvgIpc) is 2.87. The summed E-state index contributed by atoms with van der Waals surface area (Å²) in [7, 11) is -7.04. The highest BCUT2D eigenvalue weighted by Crippen LogP contribution is 2.24. The van der Waals surface area contributed by atoms with Crippen LogP contribution >= 0.6 is 11.3 Å². The SMILES string of the molecule is CS(=O)(=O)c1ccc(NS(=O)(=O)c2ccsc2CN)cc1. The van der Waals surface area contributed by atoms with Gasteiger partial charge in [0.15, 0.2) is 9.84 Å². The first-order valence-electron chi connectivity index (χ1n) is 5.83. The third-order valence-corrected chi connectivity index (χ3v) is 6.38. The average molecular weight is 346 g/mol. The Morgan fingerprint density at radius 1 is 1.10 bits per heavy atom. The molecule has 2 aromatic rings. The van der Waals surface area contributed by atoms with Gasteiger partial charge in [-0.25, -0.2) is 16.8 Å². The van der Waals surface area contributed by atoms with Crippen LogP contribution in [0, 0.1) is 0 Å². The summed E-state index contributed by atoms with van der Waals surface area (Å²) in [4.78, 5) is 0.834. The lowest BCUT2D eigenvalue weighted by atomic mass is 10.3. The Morgan fingerprint density at radius 3 is 2.24 bits per heavy atom. The zero-order valence-electron chi connectivity index (χ0n) is 11.1. The van der Waals surface area contributed by atoms with Gasteiger partial charge in [0, 0.05) is 23.4 Å². The molecule has 0 saturated heterocycles. The van der Waals surface area contributed by atoms with Gasteiger partial charge in [0.2, 0.25) is 0 Å². The fourth-order valence-corrected chi connectivity index (χ4v) is 4.72. The van der Waals surface area contributed by atoms with Gasteiger partial charge in [-0.2, -0.15) is 0 Å². The molecule has 21 heavy (non-hydrogen) atoms. The summed E-state index contributed by atoms with van der Waals surface area (Å²) in [6.45, 7) is 0.140. The minimum absolute atomic E-state index is 0.128. The van der Waals surface area contributed by atoms with Crippen LogP contribution in [0.5, 0.6) is 0 Å². The molecule has 0 atom stereocenters. The predicted molar refractivity (Wildman–Crippen MR) is 82.6 cm³/mol. The van der Waals surface area contributed by atoms with Crippen LogP contribution in [0.2, 0.25) is 0 Å². The predicted octanol–water partition coefficient (Wildman–Crippen LogP) is 1.41. The van der Waals surface area contributed by atoms with Crippen molar-refractivity contribution in [3.05, 3.63) is 40.6 Å². The first kappa shape index (κ1) is 16.0. The maximum Gasteiger partial charge on any atom is 0.263 e. The lowest BCUT2D eigenvalue weighted by Crippen LogP contribution is -2.14. The Balaban J connectivity index is 2.29. The van der Waals surface area contributed by atoms with Crippen LogP contribution in [0.4, 0.5) is 5.69 Å². The molecule has 0 amide bonds. The van der Waals surface area contributed by atoms with E-state index in [9.17, 15) is 16.8 Å². The van der Waals surface area contributed by atoms with Gasteiger partial charge in [-0.05, 0) is 35.7 Å². The van der Waals surface area contributed by atoms with Crippen molar-refractivity contribution in [3.8, 4) is 0 Å². The quantitative estimate of drug-likeness (QED) is 0.851. The molecule has 2 rings (SSSR count). The fourth-order valence-electron chi connectivity index (χ4n) is 1.70. The Labute approximate surface area is 127 Å². The van der Waals surface area contributed by atoms with Crippen LogP contribution in [0.3, 0.4) is 0 Å². The van der Waals surface area contributed by atoms with Gasteiger partial charge in [0.05, 0.1) is 4.90 Å². The summed E-state index contributed by atoms with van der Waals surface area (Å²) < 4.78 is 49.6. The molecule has 114 valence electrons. The van der Waals surface area contributed by atoms with E-state index in [1.807, 2.05) is 0 Å². The summed E-state index contributed by atoms with van der Waals surface area (Å²) in [5.74, 6) is 0. The Morgan fingerprint density at radius 2 is 1.71 bits per heavy atom. The molecular formula is C12H14N2O4S3. The van der Waals surface area contributed by atoms with Crippen LogP contribution in [0.1, 0.15) is 4.88 Å². The summed E-state index contributed by atoms with van der Waals surface area (Å²) in [6.07, 6.45) is 1.09. The van der Waals surface area contributed by atoms with Gasteiger partial charge in [0.25, 0.3) is 10.0 Å². The minimum Gasteiger partial charge on any atom is -0.326 e. The number of nitrogens with one attached hydrogen (secondary N) is 1. The Hall–Kier alpha value is -1.42. The Kier molecular flexibility index (Phi) is 4.38. The normalized spacial score (nSPS) is 12.3. The summed E-state index contributed by atoms with van der Waals surface area (Å²) in [5.41, 5.74) is 5.79. The number of rotatable bonds is 5. The number of hydrogen-bond acceptors (Lipinski definition) is 6. The third-order valence-electron chi connectivity index (χ3n) is 2.71. The van der Waals surface area contributed by atoms with Gasteiger partial charge in [-0.3, -0.25) is 4.72 Å². The summed E-state index contributed by atoms with van der Waals surface area (Å²) >= 11 is 1.27. The lowest BCUT2D eigenvalue weighted by molar-refractivity contribution is 0.600. The van der Waals surface area contributed by atoms with Gasteiger partial charge in [-0.1, -0.05) is 0 Å². The molecule has 1 heterocycles. The lowest BCUT2D eigenvalue weighted by Gasteiger charge is -2.08. The number of sulfone groups is 1. The van der Waals surface area contributed by atoms with Gasteiger partial charge >= 0.3 is 0 Å². The molecule has 0 fully saturated rings. The summed E-state index contributed by atoms with van der Waals surface area (Å²) in [6, 6.07) is 7.00. The van der Waals surface area contributed by atoms with Crippen molar-refractivity contribution >= 4 is 36.9 Å². The second-order valence-corrected chi connectivity index (χ2v) is 8.98. The van der Waals surface area contributed by atoms with Crippen molar-refractivity contribution in [1.29, 1.82) is 0 Å². The van der Waals surface area contributed by atoms with Crippen molar-refractivity contribution in [2.75, 3.05) is 11.0 Å². The van der Waals surface area contributed by atoms with Crippen molar-refractivity contribution in [2.45, 2.75) is 16.3 Å². The molecule has 0 aliphatic heterocycles. The maximum absolute atomic E-state index is 12.2. The largest absolute Gasteiger partial charge is 0.326 e. The molecule has 6 nitrogen and oxygen atoms in total. The smallest absolute Gasteiger partial charge is 0.263 e. The van der Waals surface area contributed by atoms with Crippen molar-refractivity contribution in [1.82, 2.24) is 0 Å². The van der Waals surface area contributed by atoms with Gasteiger partial charge in [-0.15, -0.1) is 11.3 Å². The molecule has 1 aromatic heterocycles. The van der Waals surface area contributed by atoms with E-state index < -0.39 is 19.9 Å². The van der Waals surface area contributed by atoms with E-state index in [1.165, 1.54) is 41.7 Å². The number of hydrogen-bond donors (Lipinski definition) is 2. The highest BCUT2D eigenvalue weighted by molar-refractivity contribution is 7.93. The topological polar surface area (TPSA) is 106 Å². The second-order valence-electron chi connectivity index (χ2n) is 4.31. The molecular weight excluding hydrogens is 332 g/mol. The van der Waals surface area contributed by atoms with Crippen LogP contribution in [-0.2, 0) is 26.4 Å². The van der Waals surface area contributed by atoms with Crippen LogP contribution in [0.15, 0.2) is 45.5 Å². The number of anilines is 1. The van der Waals surface area contributed by atoms with Crippen molar-refractivity contribution in [2.24, 2.45) is 5.73 Å². The molecule has 0 unspecified atom stereocenters. The first-order valence-corrected chi connectivity index (χ1v) is 10.1. The van der Waals surface area contributed by atoms with E-state index in [4.69, 9.17) is 5.73 Å². The Bertz CT molecular complexity index is 837. The maximum atomic E-state index is 12.2. The zero-order valence-corrected chi connectivity index (χ0v) is 13.6. The molecule has 0 aliphatic rings. The number of thiophene rings is 1. The molecule has 0 aliphatic carbocycles. The van der Waals surface area contributed by atoms with Crippen LogP contribution in [-0.4, -0.2) is 23.1 Å². The second kappa shape index (κ2) is 5.76. The summed E-state index contributed by atoms with van der Waals surface area (Å²) in [5, 5.41) is 1.66. The minimum atomic E-state index is -3.73. The first-order chi connectivity index (χ1) is 9.74. The van der Waals surface area contributed by atoms with E-state index in [-0.39, 0.29) is 22.0 Å². The van der Waals surface area contributed by atoms with Crippen molar-refractivity contribution in [3.63, 3.8) is 0 Å². The van der Waals surface area contributed by atoms with Crippen molar-refractivity contribution < 1.29 is 16.8 Å². The molecule has 0 bridgehead atoms. The standard InChI is InChI=1S/C12H14N2O4S3/c1-20(15,16)10-4-2-9(3-5-10)14-21(17,18)12-6-7-19-11(12)8-13/h2-7,14H,8,13H2,1H3. The number of benzene rings is 1.